The van der Waals surface area contributed by atoms with E-state index in [0.29, 0.717) is 25.9 Å². The molecule has 0 radical (unpaired) electrons. The number of unbranched alkanes of at least 4 members (excludes halogenated alkanes) is 3. The van der Waals surface area contributed by atoms with Crippen LogP contribution >= 0.6 is 0 Å². The normalized spacial score (nSPS) is 26.9. The van der Waals surface area contributed by atoms with Gasteiger partial charge in [-0.1, -0.05) is 50.5 Å². The van der Waals surface area contributed by atoms with Gasteiger partial charge >= 0.3 is 5.97 Å². The first-order chi connectivity index (χ1) is 13.0. The van der Waals surface area contributed by atoms with Gasteiger partial charge in [0.2, 0.25) is 0 Å². The van der Waals surface area contributed by atoms with E-state index in [0.717, 1.165) is 38.5 Å². The molecule has 1 rings (SSSR count). The Labute approximate surface area is 164 Å². The van der Waals surface area contributed by atoms with Crippen LogP contribution in [-0.4, -0.2) is 46.2 Å². The lowest BCUT2D eigenvalue weighted by atomic mass is 9.88. The fourth-order valence-corrected chi connectivity index (χ4v) is 3.69. The Hall–Kier alpha value is -1.17. The fourth-order valence-electron chi connectivity index (χ4n) is 3.69. The number of esters is 1. The molecule has 0 aromatic rings. The van der Waals surface area contributed by atoms with Crippen molar-refractivity contribution in [2.75, 3.05) is 6.61 Å². The van der Waals surface area contributed by atoms with E-state index in [4.69, 9.17) is 4.74 Å². The summed E-state index contributed by atoms with van der Waals surface area (Å²) in [6.07, 6.45) is 13.0. The molecule has 1 fully saturated rings. The van der Waals surface area contributed by atoms with Crippen LogP contribution < -0.4 is 0 Å². The van der Waals surface area contributed by atoms with Crippen molar-refractivity contribution < 1.29 is 24.9 Å². The van der Waals surface area contributed by atoms with Crippen LogP contribution in [0.15, 0.2) is 24.3 Å². The molecule has 1 aliphatic carbocycles. The Kier molecular flexibility index (Phi) is 12.3. The van der Waals surface area contributed by atoms with Crippen LogP contribution in [0.5, 0.6) is 0 Å². The van der Waals surface area contributed by atoms with Gasteiger partial charge in [-0.25, -0.2) is 0 Å². The van der Waals surface area contributed by atoms with Gasteiger partial charge in [-0.15, -0.1) is 0 Å². The summed E-state index contributed by atoms with van der Waals surface area (Å²) in [5.41, 5.74) is 0. The molecule has 5 nitrogen and oxygen atoms in total. The number of ether oxygens (including phenoxy) is 1. The van der Waals surface area contributed by atoms with Crippen molar-refractivity contribution in [3.63, 3.8) is 0 Å². The van der Waals surface area contributed by atoms with Gasteiger partial charge in [0.1, 0.15) is 0 Å². The highest BCUT2D eigenvalue weighted by Gasteiger charge is 2.39. The second kappa shape index (κ2) is 13.9. The maximum absolute atomic E-state index is 11.2. The van der Waals surface area contributed by atoms with E-state index in [-0.39, 0.29) is 17.8 Å². The van der Waals surface area contributed by atoms with Gasteiger partial charge < -0.3 is 20.1 Å². The molecule has 0 saturated heterocycles. The minimum Gasteiger partial charge on any atom is -0.466 e. The zero-order chi connectivity index (χ0) is 20.1. The molecule has 0 aliphatic heterocycles. The third-order valence-corrected chi connectivity index (χ3v) is 5.21. The highest BCUT2D eigenvalue weighted by atomic mass is 16.5. The van der Waals surface area contributed by atoms with Crippen LogP contribution in [0.25, 0.3) is 0 Å². The second-order valence-corrected chi connectivity index (χ2v) is 7.46. The Morgan fingerprint density at radius 2 is 1.93 bits per heavy atom. The Morgan fingerprint density at radius 1 is 1.15 bits per heavy atom. The third-order valence-electron chi connectivity index (χ3n) is 5.21. The van der Waals surface area contributed by atoms with Gasteiger partial charge in [0.15, 0.2) is 0 Å². The Balaban J connectivity index is 2.34. The number of carbonyl (C=O) groups excluding carboxylic acids is 1. The predicted molar refractivity (Wildman–Crippen MR) is 107 cm³/mol. The predicted octanol–water partition coefficient (Wildman–Crippen LogP) is 3.52. The molecule has 0 heterocycles. The van der Waals surface area contributed by atoms with Gasteiger partial charge in [0.05, 0.1) is 24.9 Å². The maximum Gasteiger partial charge on any atom is 0.305 e. The van der Waals surface area contributed by atoms with Crippen LogP contribution in [-0.2, 0) is 9.53 Å². The quantitative estimate of drug-likeness (QED) is 0.258. The van der Waals surface area contributed by atoms with Crippen molar-refractivity contribution in [1.29, 1.82) is 0 Å². The summed E-state index contributed by atoms with van der Waals surface area (Å²) >= 11 is 0. The minimum atomic E-state index is -0.604. The average Bonchev–Trinajstić information content (AvgIpc) is 2.89. The molecular formula is C22H38O5. The highest BCUT2D eigenvalue weighted by molar-refractivity contribution is 5.69. The Morgan fingerprint density at radius 3 is 2.63 bits per heavy atom. The lowest BCUT2D eigenvalue weighted by Gasteiger charge is -2.21. The number of carbonyl (C=O) groups is 1. The molecule has 0 bridgehead atoms. The van der Waals surface area contributed by atoms with Crippen LogP contribution in [0.4, 0.5) is 0 Å². The van der Waals surface area contributed by atoms with Crippen molar-refractivity contribution >= 4 is 5.97 Å². The van der Waals surface area contributed by atoms with E-state index in [9.17, 15) is 20.1 Å². The lowest BCUT2D eigenvalue weighted by Crippen LogP contribution is -2.21. The van der Waals surface area contributed by atoms with Gasteiger partial charge in [0.25, 0.3) is 0 Å². The van der Waals surface area contributed by atoms with Gasteiger partial charge in [-0.3, -0.25) is 4.79 Å². The van der Waals surface area contributed by atoms with E-state index >= 15 is 0 Å². The van der Waals surface area contributed by atoms with E-state index in [2.05, 4.69) is 6.92 Å². The summed E-state index contributed by atoms with van der Waals surface area (Å²) in [6.45, 7) is 4.36. The molecule has 0 amide bonds. The number of rotatable bonds is 13. The molecule has 1 aliphatic rings. The summed E-state index contributed by atoms with van der Waals surface area (Å²) in [6, 6.07) is 0. The number of aliphatic hydroxyl groups is 3. The molecule has 0 aromatic heterocycles. The first-order valence-corrected chi connectivity index (χ1v) is 10.5. The zero-order valence-corrected chi connectivity index (χ0v) is 16.9. The van der Waals surface area contributed by atoms with Crippen molar-refractivity contribution in [3.8, 4) is 0 Å². The van der Waals surface area contributed by atoms with Crippen LogP contribution in [0.2, 0.25) is 0 Å². The lowest BCUT2D eigenvalue weighted by molar-refractivity contribution is -0.143. The van der Waals surface area contributed by atoms with E-state index in [1.165, 1.54) is 0 Å². The maximum atomic E-state index is 11.2. The molecule has 1 saturated carbocycles. The number of hydrogen-bond donors (Lipinski definition) is 3. The molecule has 0 spiro atoms. The number of aliphatic hydroxyl groups excluding tert-OH is 3. The molecule has 0 aromatic carbocycles. The average molecular weight is 383 g/mol. The SMILES string of the molecule is CCCCC[C@@H]1[C@H](/C=C/[C@H](O)C/C=C\CCCC(=O)OCC)[C@@H](O)C[C@H]1O. The summed E-state index contributed by atoms with van der Waals surface area (Å²) in [5.74, 6) is -0.173. The van der Waals surface area contributed by atoms with E-state index < -0.39 is 18.3 Å². The van der Waals surface area contributed by atoms with Crippen molar-refractivity contribution in [3.05, 3.63) is 24.3 Å². The topological polar surface area (TPSA) is 87.0 Å². The van der Waals surface area contributed by atoms with Crippen molar-refractivity contribution in [2.45, 2.75) is 89.9 Å². The number of allylic oxidation sites excluding steroid dienone is 1. The Bertz CT molecular complexity index is 460. The van der Waals surface area contributed by atoms with Gasteiger partial charge in [-0.05, 0) is 38.5 Å². The van der Waals surface area contributed by atoms with Crippen molar-refractivity contribution in [1.82, 2.24) is 0 Å². The summed E-state index contributed by atoms with van der Waals surface area (Å²) < 4.78 is 4.87. The molecular weight excluding hydrogens is 344 g/mol. The smallest absolute Gasteiger partial charge is 0.305 e. The van der Waals surface area contributed by atoms with Gasteiger partial charge in [-0.2, -0.15) is 0 Å². The first kappa shape index (κ1) is 23.9. The zero-order valence-electron chi connectivity index (χ0n) is 16.9. The fraction of sp³-hybridized carbons (Fsp3) is 0.773. The molecule has 156 valence electrons. The summed E-state index contributed by atoms with van der Waals surface area (Å²) in [5, 5.41) is 30.5. The summed E-state index contributed by atoms with van der Waals surface area (Å²) in [7, 11) is 0. The number of hydrogen-bond acceptors (Lipinski definition) is 5. The molecule has 5 atom stereocenters. The highest BCUT2D eigenvalue weighted by Crippen LogP contribution is 2.37. The summed E-state index contributed by atoms with van der Waals surface area (Å²) in [4.78, 5) is 11.2. The largest absolute Gasteiger partial charge is 0.466 e. The standard InChI is InChI=1S/C22H38O5/c1-3-5-8-12-18-19(21(25)16-20(18)24)15-14-17(23)11-9-6-7-10-13-22(26)27-4-2/h6,9,14-15,17-21,23-25H,3-5,7-8,10-13,16H2,1-2H3/b9-6-,15-14+/t17-,18-,19+,20-,21+/m1/s1. The molecule has 0 unspecified atom stereocenters. The minimum absolute atomic E-state index is 0.0772. The van der Waals surface area contributed by atoms with E-state index in [1.54, 1.807) is 13.0 Å². The third kappa shape index (κ3) is 9.54. The first-order valence-electron chi connectivity index (χ1n) is 10.5. The van der Waals surface area contributed by atoms with Crippen LogP contribution in [0.1, 0.15) is 71.6 Å². The second-order valence-electron chi connectivity index (χ2n) is 7.46. The molecule has 3 N–H and O–H groups in total. The monoisotopic (exact) mass is 382 g/mol. The van der Waals surface area contributed by atoms with E-state index in [1.807, 2.05) is 18.2 Å². The van der Waals surface area contributed by atoms with Crippen LogP contribution in [0, 0.1) is 11.8 Å². The van der Waals surface area contributed by atoms with Crippen LogP contribution in [0.3, 0.4) is 0 Å². The van der Waals surface area contributed by atoms with Gasteiger partial charge in [0, 0.05) is 18.8 Å². The molecule has 5 heteroatoms. The molecule has 27 heavy (non-hydrogen) atoms. The van der Waals surface area contributed by atoms with Crippen molar-refractivity contribution in [2.24, 2.45) is 11.8 Å².